The van der Waals surface area contributed by atoms with Crippen LogP contribution >= 0.6 is 34.3 Å². The lowest BCUT2D eigenvalue weighted by atomic mass is 10.1. The van der Waals surface area contributed by atoms with Gasteiger partial charge in [-0.2, -0.15) is 0 Å². The van der Waals surface area contributed by atoms with E-state index in [1.807, 2.05) is 24.3 Å². The summed E-state index contributed by atoms with van der Waals surface area (Å²) in [5, 5.41) is 6.28. The number of hydrogen-bond acceptors (Lipinski definition) is 6. The van der Waals surface area contributed by atoms with E-state index in [9.17, 15) is 9.59 Å². The van der Waals surface area contributed by atoms with Crippen LogP contribution in [-0.2, 0) is 19.5 Å². The highest BCUT2D eigenvalue weighted by Gasteiger charge is 2.22. The van der Waals surface area contributed by atoms with Gasteiger partial charge >= 0.3 is 0 Å². The average molecular weight is 447 g/mol. The topological polar surface area (TPSA) is 74.3 Å². The first kappa shape index (κ1) is 20.0. The van der Waals surface area contributed by atoms with Crippen LogP contribution in [0.2, 0.25) is 4.34 Å². The SMILES string of the molecule is CN1CCc2nc(C(=O)Nc3ccccc3CNC(=O)c3ccc(Cl)s3)sc2C1. The van der Waals surface area contributed by atoms with Gasteiger partial charge in [0.25, 0.3) is 11.8 Å². The molecule has 0 atom stereocenters. The predicted molar refractivity (Wildman–Crippen MR) is 117 cm³/mol. The van der Waals surface area contributed by atoms with E-state index in [-0.39, 0.29) is 11.8 Å². The highest BCUT2D eigenvalue weighted by Crippen LogP contribution is 2.26. The molecule has 3 heterocycles. The van der Waals surface area contributed by atoms with Gasteiger partial charge in [0.05, 0.1) is 14.9 Å². The number of carbonyl (C=O) groups is 2. The van der Waals surface area contributed by atoms with E-state index in [1.54, 1.807) is 12.1 Å². The molecule has 0 saturated heterocycles. The first-order valence-electron chi connectivity index (χ1n) is 9.09. The van der Waals surface area contributed by atoms with Gasteiger partial charge in [-0.3, -0.25) is 9.59 Å². The Bertz CT molecular complexity index is 1060. The van der Waals surface area contributed by atoms with Gasteiger partial charge in [-0.05, 0) is 30.8 Å². The number of fused-ring (bicyclic) bond motifs is 1. The summed E-state index contributed by atoms with van der Waals surface area (Å²) in [6, 6.07) is 10.8. The number of likely N-dealkylation sites (N-methyl/N-ethyl adjacent to an activating group) is 1. The second kappa shape index (κ2) is 8.62. The Morgan fingerprint density at radius 2 is 2.00 bits per heavy atom. The molecule has 150 valence electrons. The maximum absolute atomic E-state index is 12.8. The second-order valence-corrected chi connectivity index (χ2v) is 9.57. The first-order chi connectivity index (χ1) is 14.0. The molecule has 9 heteroatoms. The zero-order valence-electron chi connectivity index (χ0n) is 15.7. The van der Waals surface area contributed by atoms with Crippen LogP contribution in [-0.4, -0.2) is 35.3 Å². The fraction of sp³-hybridized carbons (Fsp3) is 0.250. The highest BCUT2D eigenvalue weighted by atomic mass is 35.5. The molecule has 6 nitrogen and oxygen atoms in total. The van der Waals surface area contributed by atoms with Gasteiger partial charge in [0.1, 0.15) is 0 Å². The standard InChI is InChI=1S/C20H19ClN4O2S2/c1-25-9-8-14-16(11-25)29-20(24-14)19(27)23-13-5-3-2-4-12(13)10-22-18(26)15-6-7-17(21)28-15/h2-7H,8-11H2,1H3,(H,22,26)(H,23,27). The molecule has 2 aromatic heterocycles. The van der Waals surface area contributed by atoms with Crippen LogP contribution in [0.3, 0.4) is 0 Å². The number of rotatable bonds is 5. The normalized spacial score (nSPS) is 13.7. The molecule has 0 saturated carbocycles. The summed E-state index contributed by atoms with van der Waals surface area (Å²) >= 11 is 8.57. The number of aromatic nitrogens is 1. The number of thiazole rings is 1. The molecular formula is C20H19ClN4O2S2. The molecule has 0 radical (unpaired) electrons. The number of benzene rings is 1. The lowest BCUT2D eigenvalue weighted by Crippen LogP contribution is -2.25. The second-order valence-electron chi connectivity index (χ2n) is 6.77. The van der Waals surface area contributed by atoms with Crippen molar-refractivity contribution in [3.05, 3.63) is 66.8 Å². The minimum Gasteiger partial charge on any atom is -0.347 e. The molecule has 0 unspecified atom stereocenters. The summed E-state index contributed by atoms with van der Waals surface area (Å²) < 4.78 is 0.570. The van der Waals surface area contributed by atoms with Crippen molar-refractivity contribution in [2.24, 2.45) is 0 Å². The van der Waals surface area contributed by atoms with Crippen LogP contribution in [0.1, 0.15) is 35.6 Å². The van der Waals surface area contributed by atoms with Gasteiger partial charge in [-0.1, -0.05) is 29.8 Å². The fourth-order valence-electron chi connectivity index (χ4n) is 3.09. The molecule has 1 aliphatic rings. The number of amides is 2. The highest BCUT2D eigenvalue weighted by molar-refractivity contribution is 7.18. The number of carbonyl (C=O) groups excluding carboxylic acids is 2. The van der Waals surface area contributed by atoms with E-state index in [0.717, 1.165) is 35.6 Å². The van der Waals surface area contributed by atoms with E-state index in [0.29, 0.717) is 26.5 Å². The zero-order valence-corrected chi connectivity index (χ0v) is 18.1. The molecule has 2 N–H and O–H groups in total. The van der Waals surface area contributed by atoms with Crippen molar-refractivity contribution >= 4 is 51.8 Å². The van der Waals surface area contributed by atoms with Crippen LogP contribution in [0.25, 0.3) is 0 Å². The average Bonchev–Trinajstić information content (AvgIpc) is 3.33. The van der Waals surface area contributed by atoms with Crippen LogP contribution in [0, 0.1) is 0 Å². The number of hydrogen-bond donors (Lipinski definition) is 2. The molecule has 2 amide bonds. The molecule has 1 aromatic carbocycles. The fourth-order valence-corrected chi connectivity index (χ4v) is 5.13. The van der Waals surface area contributed by atoms with E-state index < -0.39 is 0 Å². The molecule has 0 bridgehead atoms. The van der Waals surface area contributed by atoms with Gasteiger partial charge in [-0.25, -0.2) is 4.98 Å². The van der Waals surface area contributed by atoms with E-state index >= 15 is 0 Å². The summed E-state index contributed by atoms with van der Waals surface area (Å²) in [6.07, 6.45) is 0.866. The maximum Gasteiger partial charge on any atom is 0.284 e. The number of thiophene rings is 1. The minimum atomic E-state index is -0.226. The lowest BCUT2D eigenvalue weighted by molar-refractivity contribution is 0.0954. The molecule has 29 heavy (non-hydrogen) atoms. The Morgan fingerprint density at radius 3 is 2.79 bits per heavy atom. The largest absolute Gasteiger partial charge is 0.347 e. The smallest absolute Gasteiger partial charge is 0.284 e. The first-order valence-corrected chi connectivity index (χ1v) is 11.1. The van der Waals surface area contributed by atoms with Crippen LogP contribution in [0.4, 0.5) is 5.69 Å². The van der Waals surface area contributed by atoms with Gasteiger partial charge in [-0.15, -0.1) is 22.7 Å². The summed E-state index contributed by atoms with van der Waals surface area (Å²) in [7, 11) is 2.07. The van der Waals surface area contributed by atoms with Crippen molar-refractivity contribution in [3.63, 3.8) is 0 Å². The van der Waals surface area contributed by atoms with Crippen molar-refractivity contribution in [2.75, 3.05) is 18.9 Å². The summed E-state index contributed by atoms with van der Waals surface area (Å²) in [5.41, 5.74) is 2.50. The van der Waals surface area contributed by atoms with Crippen molar-refractivity contribution in [1.29, 1.82) is 0 Å². The lowest BCUT2D eigenvalue weighted by Gasteiger charge is -2.20. The molecule has 0 aliphatic carbocycles. The molecular weight excluding hydrogens is 428 g/mol. The minimum absolute atomic E-state index is 0.195. The zero-order chi connectivity index (χ0) is 20.4. The molecule has 1 aliphatic heterocycles. The van der Waals surface area contributed by atoms with Crippen LogP contribution < -0.4 is 10.6 Å². The number of anilines is 1. The van der Waals surface area contributed by atoms with E-state index in [4.69, 9.17) is 11.6 Å². The van der Waals surface area contributed by atoms with Gasteiger partial charge in [0.2, 0.25) is 0 Å². The molecule has 4 rings (SSSR count). The quantitative estimate of drug-likeness (QED) is 0.620. The predicted octanol–water partition coefficient (Wildman–Crippen LogP) is 4.03. The Morgan fingerprint density at radius 1 is 1.17 bits per heavy atom. The van der Waals surface area contributed by atoms with Crippen molar-refractivity contribution in [3.8, 4) is 0 Å². The third-order valence-corrected chi connectivity index (χ3v) is 6.93. The van der Waals surface area contributed by atoms with Crippen molar-refractivity contribution in [2.45, 2.75) is 19.5 Å². The van der Waals surface area contributed by atoms with Gasteiger partial charge in [0, 0.05) is 36.6 Å². The number of nitrogens with zero attached hydrogens (tertiary/aromatic N) is 2. The third kappa shape index (κ3) is 4.67. The maximum atomic E-state index is 12.8. The van der Waals surface area contributed by atoms with Gasteiger partial charge < -0.3 is 15.5 Å². The van der Waals surface area contributed by atoms with Gasteiger partial charge in [0.15, 0.2) is 5.01 Å². The van der Waals surface area contributed by atoms with Crippen LogP contribution in [0.15, 0.2) is 36.4 Å². The Kier molecular flexibility index (Phi) is 5.96. The monoisotopic (exact) mass is 446 g/mol. The summed E-state index contributed by atoms with van der Waals surface area (Å²) in [4.78, 5) is 33.5. The summed E-state index contributed by atoms with van der Waals surface area (Å²) in [6.45, 7) is 2.08. The summed E-state index contributed by atoms with van der Waals surface area (Å²) in [5.74, 6) is -0.421. The molecule has 3 aromatic rings. The van der Waals surface area contributed by atoms with Crippen molar-refractivity contribution in [1.82, 2.24) is 15.2 Å². The number of nitrogens with one attached hydrogen (secondary N) is 2. The van der Waals surface area contributed by atoms with Crippen molar-refractivity contribution < 1.29 is 9.59 Å². The Labute approximate surface area is 181 Å². The molecule has 0 spiro atoms. The van der Waals surface area contributed by atoms with Crippen LogP contribution in [0.5, 0.6) is 0 Å². The number of halogens is 1. The van der Waals surface area contributed by atoms with E-state index in [2.05, 4.69) is 27.6 Å². The number of para-hydroxylation sites is 1. The third-order valence-electron chi connectivity index (χ3n) is 4.62. The Balaban J connectivity index is 1.44. The molecule has 0 fully saturated rings. The van der Waals surface area contributed by atoms with E-state index in [1.165, 1.54) is 22.7 Å². The Hall–Kier alpha value is -2.26.